The van der Waals surface area contributed by atoms with Gasteiger partial charge in [0.1, 0.15) is 0 Å². The van der Waals surface area contributed by atoms with E-state index in [0.29, 0.717) is 12.4 Å². The zero-order chi connectivity index (χ0) is 28.3. The fourth-order valence-electron chi connectivity index (χ4n) is 5.38. The van der Waals surface area contributed by atoms with Gasteiger partial charge in [-0.15, -0.1) is 10.2 Å². The summed E-state index contributed by atoms with van der Waals surface area (Å²) in [7, 11) is 0. The summed E-state index contributed by atoms with van der Waals surface area (Å²) in [5, 5.41) is 14.9. The number of rotatable bonds is 9. The summed E-state index contributed by atoms with van der Waals surface area (Å²) in [5.74, 6) is 0.531. The summed E-state index contributed by atoms with van der Waals surface area (Å²) in [6.45, 7) is 11.4. The van der Waals surface area contributed by atoms with Crippen molar-refractivity contribution in [2.45, 2.75) is 72.3 Å². The number of para-hydroxylation sites is 1. The van der Waals surface area contributed by atoms with Crippen molar-refractivity contribution in [3.63, 3.8) is 0 Å². The van der Waals surface area contributed by atoms with Gasteiger partial charge in [0.15, 0.2) is 0 Å². The van der Waals surface area contributed by atoms with E-state index in [0.717, 1.165) is 59.3 Å². The van der Waals surface area contributed by atoms with Gasteiger partial charge in [-0.25, -0.2) is 4.79 Å². The van der Waals surface area contributed by atoms with Gasteiger partial charge in [-0.3, -0.25) is 9.13 Å². The molecule has 0 aliphatic heterocycles. The normalized spacial score (nSPS) is 11.7. The Bertz CT molecular complexity index is 1640. The third-order valence-corrected chi connectivity index (χ3v) is 7.49. The fourth-order valence-corrected chi connectivity index (χ4v) is 5.38. The number of benzene rings is 3. The largest absolute Gasteiger partial charge is 0.333 e. The molecular weight excluding hydrogens is 496 g/mol. The lowest BCUT2D eigenvalue weighted by Crippen LogP contribution is -2.27. The molecule has 206 valence electrons. The van der Waals surface area contributed by atoms with Crippen molar-refractivity contribution in [2.75, 3.05) is 0 Å². The molecule has 3 aromatic carbocycles. The van der Waals surface area contributed by atoms with Gasteiger partial charge in [0.25, 0.3) is 0 Å². The predicted molar refractivity (Wildman–Crippen MR) is 161 cm³/mol. The number of aromatic amines is 1. The van der Waals surface area contributed by atoms with E-state index in [9.17, 15) is 4.79 Å². The Balaban J connectivity index is 1.64. The van der Waals surface area contributed by atoms with Gasteiger partial charge in [-0.05, 0) is 63.8 Å². The fraction of sp³-hybridized carbons (Fsp3) is 0.333. The number of aryl methyl sites for hydroxylation is 2. The minimum absolute atomic E-state index is 0.00856. The lowest BCUT2D eigenvalue weighted by atomic mass is 9.84. The van der Waals surface area contributed by atoms with Crippen LogP contribution in [0.5, 0.6) is 0 Å². The lowest BCUT2D eigenvalue weighted by Gasteiger charge is -2.25. The highest BCUT2D eigenvalue weighted by atomic mass is 16.1. The van der Waals surface area contributed by atoms with Crippen molar-refractivity contribution in [1.29, 1.82) is 0 Å². The molecule has 0 saturated carbocycles. The van der Waals surface area contributed by atoms with Crippen LogP contribution in [0, 0.1) is 0 Å². The Morgan fingerprint density at radius 3 is 2.40 bits per heavy atom. The molecule has 7 nitrogen and oxygen atoms in total. The highest BCUT2D eigenvalue weighted by Gasteiger charge is 2.24. The molecule has 7 heteroatoms. The second-order valence-electron chi connectivity index (χ2n) is 11.4. The van der Waals surface area contributed by atoms with Gasteiger partial charge >= 0.3 is 5.69 Å². The molecule has 40 heavy (non-hydrogen) atoms. The van der Waals surface area contributed by atoms with Gasteiger partial charge in [-0.2, -0.15) is 5.21 Å². The molecular formula is C33H38N6O. The van der Waals surface area contributed by atoms with E-state index in [-0.39, 0.29) is 11.1 Å². The molecule has 0 radical (unpaired) electrons. The Kier molecular flexibility index (Phi) is 7.83. The number of hydrogen-bond acceptors (Lipinski definition) is 4. The van der Waals surface area contributed by atoms with Gasteiger partial charge in [0.2, 0.25) is 5.82 Å². The summed E-state index contributed by atoms with van der Waals surface area (Å²) in [5.41, 5.74) is 8.31. The van der Waals surface area contributed by atoms with Gasteiger partial charge in [-0.1, -0.05) is 102 Å². The summed E-state index contributed by atoms with van der Waals surface area (Å²) in [4.78, 5) is 14.2. The van der Waals surface area contributed by atoms with Gasteiger partial charge in [0.05, 0.1) is 12.2 Å². The van der Waals surface area contributed by atoms with Crippen LogP contribution in [0.1, 0.15) is 69.8 Å². The Labute approximate surface area is 235 Å². The van der Waals surface area contributed by atoms with E-state index < -0.39 is 0 Å². The third-order valence-electron chi connectivity index (χ3n) is 7.49. The first-order valence-corrected chi connectivity index (χ1v) is 14.2. The van der Waals surface area contributed by atoms with Gasteiger partial charge < -0.3 is 0 Å². The van der Waals surface area contributed by atoms with Crippen LogP contribution < -0.4 is 5.69 Å². The Morgan fingerprint density at radius 1 is 0.925 bits per heavy atom. The molecule has 0 aliphatic carbocycles. The molecule has 1 N–H and O–H groups in total. The van der Waals surface area contributed by atoms with Crippen molar-refractivity contribution in [2.24, 2.45) is 0 Å². The molecule has 2 heterocycles. The van der Waals surface area contributed by atoms with E-state index in [1.54, 1.807) is 0 Å². The van der Waals surface area contributed by atoms with Crippen LogP contribution in [0.3, 0.4) is 0 Å². The molecule has 5 rings (SSSR count). The van der Waals surface area contributed by atoms with Crippen LogP contribution in [-0.2, 0) is 24.8 Å². The molecule has 0 fully saturated rings. The first kappa shape index (κ1) is 27.3. The lowest BCUT2D eigenvalue weighted by molar-refractivity contribution is 0.583. The maximum absolute atomic E-state index is 14.2. The van der Waals surface area contributed by atoms with Crippen molar-refractivity contribution in [3.8, 4) is 28.2 Å². The predicted octanol–water partition coefficient (Wildman–Crippen LogP) is 6.74. The summed E-state index contributed by atoms with van der Waals surface area (Å²) in [6.07, 6.45) is 5.85. The summed E-state index contributed by atoms with van der Waals surface area (Å²) >= 11 is 0. The van der Waals surface area contributed by atoms with E-state index in [2.05, 4.69) is 110 Å². The number of imidazole rings is 1. The quantitative estimate of drug-likeness (QED) is 0.227. The maximum atomic E-state index is 14.2. The second-order valence-corrected chi connectivity index (χ2v) is 11.4. The molecule has 2 aromatic heterocycles. The first-order chi connectivity index (χ1) is 19.3. The van der Waals surface area contributed by atoms with Crippen molar-refractivity contribution >= 4 is 0 Å². The number of nitrogens with zero attached hydrogens (tertiary/aromatic N) is 5. The van der Waals surface area contributed by atoms with Crippen LogP contribution in [-0.4, -0.2) is 29.8 Å². The highest BCUT2D eigenvalue weighted by molar-refractivity contribution is 5.80. The number of hydrogen-bond donors (Lipinski definition) is 1. The molecule has 0 unspecified atom stereocenters. The molecule has 0 atom stereocenters. The number of tetrazole rings is 1. The number of unbranched alkanes of at least 4 members (excludes halogenated alkanes) is 1. The maximum Gasteiger partial charge on any atom is 0.333 e. The standard InChI is InChI=1S/C33H38N6O/c1-6-8-16-26-22-39(30-24(7-2)15-12-17-29(30)33(3,4)5)32(40)38(26)21-23-18-19-27(25-13-10-9-11-14-25)28(20-23)31-34-36-37-35-31/h9-15,17-20,22H,6-8,16,21H2,1-5H3,(H,34,35,36,37). The van der Waals surface area contributed by atoms with Crippen molar-refractivity contribution < 1.29 is 0 Å². The minimum Gasteiger partial charge on any atom is -0.292 e. The number of H-pyrrole nitrogens is 1. The van der Waals surface area contributed by atoms with Crippen LogP contribution in [0.2, 0.25) is 0 Å². The van der Waals surface area contributed by atoms with Crippen molar-refractivity contribution in [1.82, 2.24) is 29.8 Å². The number of aromatic nitrogens is 6. The molecule has 0 spiro atoms. The number of nitrogens with one attached hydrogen (secondary N) is 1. The third kappa shape index (κ3) is 5.41. The Hall–Kier alpha value is -4.26. The first-order valence-electron chi connectivity index (χ1n) is 14.2. The van der Waals surface area contributed by atoms with Crippen LogP contribution in [0.4, 0.5) is 0 Å². The van der Waals surface area contributed by atoms with Crippen molar-refractivity contribution in [3.05, 3.63) is 106 Å². The van der Waals surface area contributed by atoms with Crippen LogP contribution in [0.25, 0.3) is 28.2 Å². The zero-order valence-corrected chi connectivity index (χ0v) is 24.1. The van der Waals surface area contributed by atoms with Gasteiger partial charge in [0, 0.05) is 17.5 Å². The molecule has 0 bridgehead atoms. The molecule has 0 amide bonds. The Morgan fingerprint density at radius 2 is 1.73 bits per heavy atom. The van der Waals surface area contributed by atoms with E-state index in [1.807, 2.05) is 27.3 Å². The smallest absolute Gasteiger partial charge is 0.292 e. The van der Waals surface area contributed by atoms with E-state index in [1.165, 1.54) is 11.1 Å². The van der Waals surface area contributed by atoms with E-state index in [4.69, 9.17) is 0 Å². The topological polar surface area (TPSA) is 81.4 Å². The summed E-state index contributed by atoms with van der Waals surface area (Å²) in [6, 6.07) is 22.9. The van der Waals surface area contributed by atoms with Crippen LogP contribution in [0.15, 0.2) is 77.7 Å². The monoisotopic (exact) mass is 534 g/mol. The van der Waals surface area contributed by atoms with E-state index >= 15 is 0 Å². The summed E-state index contributed by atoms with van der Waals surface area (Å²) < 4.78 is 3.83. The molecule has 0 aliphatic rings. The van der Waals surface area contributed by atoms with Crippen LogP contribution >= 0.6 is 0 Å². The minimum atomic E-state index is -0.0988. The zero-order valence-electron chi connectivity index (χ0n) is 24.1. The average Bonchev–Trinajstić information content (AvgIpc) is 3.60. The second kappa shape index (κ2) is 11.5. The SMILES string of the molecule is CCCCc1cn(-c2c(CC)cccc2C(C)(C)C)c(=O)n1Cc1ccc(-c2ccccc2)c(-c2nn[nH]n2)c1. The average molecular weight is 535 g/mol. The molecule has 5 aromatic rings. The highest BCUT2D eigenvalue weighted by Crippen LogP contribution is 2.33. The molecule has 0 saturated heterocycles.